The smallest absolute Gasteiger partial charge is 0.0279 e. The zero-order valence-corrected chi connectivity index (χ0v) is 11.4. The third kappa shape index (κ3) is 3.11. The third-order valence-electron chi connectivity index (χ3n) is 3.16. The van der Waals surface area contributed by atoms with Crippen LogP contribution in [0.5, 0.6) is 0 Å². The zero-order valence-electron chi connectivity index (χ0n) is 11.4. The van der Waals surface area contributed by atoms with Crippen LogP contribution in [0.25, 0.3) is 0 Å². The van der Waals surface area contributed by atoms with Crippen LogP contribution < -0.4 is 5.32 Å². The summed E-state index contributed by atoms with van der Waals surface area (Å²) in [5.41, 5.74) is 4.36. The van der Waals surface area contributed by atoms with Gasteiger partial charge in [0, 0.05) is 17.4 Å². The van der Waals surface area contributed by atoms with Gasteiger partial charge in [0.2, 0.25) is 0 Å². The van der Waals surface area contributed by atoms with Crippen molar-refractivity contribution in [1.29, 1.82) is 0 Å². The summed E-state index contributed by atoms with van der Waals surface area (Å²) < 4.78 is 2.43. The lowest BCUT2D eigenvalue weighted by Gasteiger charge is -2.13. The van der Waals surface area contributed by atoms with Gasteiger partial charge in [-0.25, -0.2) is 0 Å². The number of nitrogens with zero attached hydrogens (tertiary/aromatic N) is 1. The first kappa shape index (κ1) is 13.3. The van der Waals surface area contributed by atoms with E-state index in [4.69, 9.17) is 0 Å². The van der Waals surface area contributed by atoms with Crippen LogP contribution in [-0.4, -0.2) is 17.7 Å². The molecule has 0 unspecified atom stereocenters. The summed E-state index contributed by atoms with van der Waals surface area (Å²) >= 11 is 0. The van der Waals surface area contributed by atoms with E-state index in [1.807, 2.05) is 0 Å². The highest BCUT2D eigenvalue weighted by atomic mass is 15.0. The van der Waals surface area contributed by atoms with Crippen molar-refractivity contribution in [3.63, 3.8) is 0 Å². The Labute approximate surface area is 100 Å². The van der Waals surface area contributed by atoms with Crippen LogP contribution in [0.15, 0.2) is 6.07 Å². The van der Waals surface area contributed by atoms with Crippen molar-refractivity contribution in [2.24, 2.45) is 0 Å². The molecule has 1 heterocycles. The van der Waals surface area contributed by atoms with Gasteiger partial charge in [-0.2, -0.15) is 0 Å². The van der Waals surface area contributed by atoms with Crippen LogP contribution in [0.2, 0.25) is 0 Å². The maximum Gasteiger partial charge on any atom is 0.0279 e. The molecule has 0 radical (unpaired) electrons. The van der Waals surface area contributed by atoms with Crippen molar-refractivity contribution in [2.45, 2.75) is 53.5 Å². The van der Waals surface area contributed by atoms with E-state index in [2.05, 4.69) is 50.6 Å². The minimum atomic E-state index is 0.572. The fourth-order valence-corrected chi connectivity index (χ4v) is 2.47. The van der Waals surface area contributed by atoms with E-state index in [0.29, 0.717) is 6.04 Å². The van der Waals surface area contributed by atoms with E-state index in [1.54, 1.807) is 0 Å². The number of rotatable bonds is 6. The van der Waals surface area contributed by atoms with Crippen LogP contribution in [0.3, 0.4) is 0 Å². The van der Waals surface area contributed by atoms with Gasteiger partial charge in [0.25, 0.3) is 0 Å². The fourth-order valence-electron chi connectivity index (χ4n) is 2.47. The van der Waals surface area contributed by atoms with Crippen molar-refractivity contribution in [3.8, 4) is 0 Å². The van der Waals surface area contributed by atoms with Crippen LogP contribution >= 0.6 is 0 Å². The van der Waals surface area contributed by atoms with E-state index in [1.165, 1.54) is 29.8 Å². The molecule has 0 saturated carbocycles. The molecule has 0 amide bonds. The van der Waals surface area contributed by atoms with Gasteiger partial charge in [-0.3, -0.25) is 0 Å². The standard InChI is InChI=1S/C14H26N2/c1-6-15-9-7-8-14-10-12(4)16(11(2)3)13(14)5/h10-11,15H,6-9H2,1-5H3. The molecule has 1 aromatic heterocycles. The molecular weight excluding hydrogens is 196 g/mol. The Morgan fingerprint density at radius 3 is 2.50 bits per heavy atom. The second-order valence-electron chi connectivity index (χ2n) is 4.82. The Bertz CT molecular complexity index is 324. The average Bonchev–Trinajstić information content (AvgIpc) is 2.49. The van der Waals surface area contributed by atoms with Crippen LogP contribution in [-0.2, 0) is 6.42 Å². The van der Waals surface area contributed by atoms with E-state index in [-0.39, 0.29) is 0 Å². The summed E-state index contributed by atoms with van der Waals surface area (Å²) in [6.07, 6.45) is 2.43. The van der Waals surface area contributed by atoms with Crippen molar-refractivity contribution in [3.05, 3.63) is 23.0 Å². The summed E-state index contributed by atoms with van der Waals surface area (Å²) in [6, 6.07) is 2.92. The molecule has 0 saturated heterocycles. The van der Waals surface area contributed by atoms with Gasteiger partial charge in [0.05, 0.1) is 0 Å². The quantitative estimate of drug-likeness (QED) is 0.731. The number of aryl methyl sites for hydroxylation is 2. The monoisotopic (exact) mass is 222 g/mol. The second kappa shape index (κ2) is 6.09. The molecule has 0 bridgehead atoms. The van der Waals surface area contributed by atoms with Crippen LogP contribution in [0.4, 0.5) is 0 Å². The summed E-state index contributed by atoms with van der Waals surface area (Å²) in [7, 11) is 0. The first-order valence-electron chi connectivity index (χ1n) is 6.46. The van der Waals surface area contributed by atoms with Gasteiger partial charge < -0.3 is 9.88 Å². The zero-order chi connectivity index (χ0) is 12.1. The molecule has 1 N–H and O–H groups in total. The lowest BCUT2D eigenvalue weighted by Crippen LogP contribution is -2.14. The molecule has 0 aliphatic rings. The predicted molar refractivity (Wildman–Crippen MR) is 71.2 cm³/mol. The molecule has 0 aromatic carbocycles. The summed E-state index contributed by atoms with van der Waals surface area (Å²) in [6.45, 7) is 13.3. The summed E-state index contributed by atoms with van der Waals surface area (Å²) in [4.78, 5) is 0. The molecule has 2 heteroatoms. The summed E-state index contributed by atoms with van der Waals surface area (Å²) in [5.74, 6) is 0. The van der Waals surface area contributed by atoms with Crippen molar-refractivity contribution in [1.82, 2.24) is 9.88 Å². The molecule has 1 aromatic rings. The molecule has 0 fully saturated rings. The van der Waals surface area contributed by atoms with Gasteiger partial charge in [-0.05, 0) is 65.3 Å². The van der Waals surface area contributed by atoms with E-state index in [9.17, 15) is 0 Å². The molecule has 92 valence electrons. The minimum Gasteiger partial charge on any atom is -0.346 e. The molecule has 2 nitrogen and oxygen atoms in total. The minimum absolute atomic E-state index is 0.572. The largest absolute Gasteiger partial charge is 0.346 e. The Balaban J connectivity index is 2.64. The van der Waals surface area contributed by atoms with Gasteiger partial charge in [0.15, 0.2) is 0 Å². The lowest BCUT2D eigenvalue weighted by molar-refractivity contribution is 0.571. The Morgan fingerprint density at radius 2 is 2.00 bits per heavy atom. The van der Waals surface area contributed by atoms with Gasteiger partial charge in [-0.15, -0.1) is 0 Å². The number of hydrogen-bond acceptors (Lipinski definition) is 1. The van der Waals surface area contributed by atoms with Crippen molar-refractivity contribution < 1.29 is 0 Å². The highest BCUT2D eigenvalue weighted by Crippen LogP contribution is 2.20. The molecule has 0 atom stereocenters. The van der Waals surface area contributed by atoms with E-state index in [0.717, 1.165) is 13.1 Å². The number of nitrogens with one attached hydrogen (secondary N) is 1. The van der Waals surface area contributed by atoms with E-state index >= 15 is 0 Å². The number of aromatic nitrogens is 1. The molecule has 0 aliphatic carbocycles. The third-order valence-corrected chi connectivity index (χ3v) is 3.16. The Hall–Kier alpha value is -0.760. The van der Waals surface area contributed by atoms with Gasteiger partial charge >= 0.3 is 0 Å². The van der Waals surface area contributed by atoms with Gasteiger partial charge in [-0.1, -0.05) is 6.92 Å². The van der Waals surface area contributed by atoms with Crippen LogP contribution in [0.1, 0.15) is 50.2 Å². The molecule has 0 spiro atoms. The summed E-state index contributed by atoms with van der Waals surface area (Å²) in [5, 5.41) is 3.38. The first-order valence-corrected chi connectivity index (χ1v) is 6.46. The highest BCUT2D eigenvalue weighted by Gasteiger charge is 2.10. The maximum absolute atomic E-state index is 3.38. The predicted octanol–water partition coefficient (Wildman–Crippen LogP) is 3.23. The van der Waals surface area contributed by atoms with Crippen molar-refractivity contribution >= 4 is 0 Å². The van der Waals surface area contributed by atoms with Crippen molar-refractivity contribution in [2.75, 3.05) is 13.1 Å². The fraction of sp³-hybridized carbons (Fsp3) is 0.714. The van der Waals surface area contributed by atoms with Crippen LogP contribution in [0, 0.1) is 13.8 Å². The topological polar surface area (TPSA) is 17.0 Å². The molecular formula is C14H26N2. The Kier molecular flexibility index (Phi) is 5.07. The normalized spacial score (nSPS) is 11.4. The number of hydrogen-bond donors (Lipinski definition) is 1. The molecule has 16 heavy (non-hydrogen) atoms. The highest BCUT2D eigenvalue weighted by molar-refractivity contribution is 5.27. The second-order valence-corrected chi connectivity index (χ2v) is 4.82. The van der Waals surface area contributed by atoms with Gasteiger partial charge in [0.1, 0.15) is 0 Å². The molecule has 1 rings (SSSR count). The lowest BCUT2D eigenvalue weighted by atomic mass is 10.1. The average molecular weight is 222 g/mol. The SMILES string of the molecule is CCNCCCc1cc(C)n(C(C)C)c1C. The van der Waals surface area contributed by atoms with E-state index < -0.39 is 0 Å². The first-order chi connectivity index (χ1) is 7.57. The maximum atomic E-state index is 3.38. The molecule has 0 aliphatic heterocycles. The Morgan fingerprint density at radius 1 is 1.31 bits per heavy atom.